The van der Waals surface area contributed by atoms with Gasteiger partial charge in [-0.15, -0.1) is 0 Å². The molecule has 0 spiro atoms. The van der Waals surface area contributed by atoms with Gasteiger partial charge in [0, 0.05) is 20.0 Å². The first-order valence-electron chi connectivity index (χ1n) is 7.67. The molecule has 2 aromatic rings. The van der Waals surface area contributed by atoms with Crippen LogP contribution >= 0.6 is 7.37 Å². The van der Waals surface area contributed by atoms with Crippen LogP contribution in [0.15, 0.2) is 48.7 Å². The molecule has 0 amide bonds. The average molecular weight is 403 g/mol. The molecule has 1 aromatic carbocycles. The number of hydrogen-bond donors (Lipinski definition) is 0. The molecular formula is C17H17F3NO5P. The Morgan fingerprint density at radius 2 is 1.96 bits per heavy atom. The van der Waals surface area contributed by atoms with E-state index in [2.05, 4.69) is 4.98 Å². The van der Waals surface area contributed by atoms with Crippen molar-refractivity contribution >= 4 is 13.3 Å². The number of aromatic nitrogens is 1. The monoisotopic (exact) mass is 403 g/mol. The Labute approximate surface area is 153 Å². The van der Waals surface area contributed by atoms with E-state index in [1.165, 1.54) is 32.1 Å². The van der Waals surface area contributed by atoms with Crippen LogP contribution in [0.3, 0.4) is 0 Å². The van der Waals surface area contributed by atoms with Crippen molar-refractivity contribution in [3.05, 3.63) is 59.9 Å². The topological polar surface area (TPSA) is 74.7 Å². The van der Waals surface area contributed by atoms with Crippen LogP contribution in [-0.4, -0.2) is 31.3 Å². The number of ether oxygens (including phenoxy) is 2. The van der Waals surface area contributed by atoms with Gasteiger partial charge in [-0.3, -0.25) is 9.55 Å². The van der Waals surface area contributed by atoms with Gasteiger partial charge in [-0.1, -0.05) is 12.1 Å². The van der Waals surface area contributed by atoms with Crippen molar-refractivity contribution in [2.24, 2.45) is 0 Å². The van der Waals surface area contributed by atoms with Gasteiger partial charge in [0.25, 0.3) is 0 Å². The number of nitrogens with zero attached hydrogens (tertiary/aromatic N) is 1. The molecule has 0 fully saturated rings. The van der Waals surface area contributed by atoms with Crippen molar-refractivity contribution in [3.8, 4) is 5.75 Å². The number of carbonyl (C=O) groups excluding carboxylic acids is 1. The van der Waals surface area contributed by atoms with E-state index in [-0.39, 0.29) is 11.4 Å². The van der Waals surface area contributed by atoms with E-state index in [0.717, 1.165) is 18.2 Å². The molecule has 2 unspecified atom stereocenters. The third kappa shape index (κ3) is 5.80. The minimum absolute atomic E-state index is 0.150. The fourth-order valence-electron chi connectivity index (χ4n) is 2.08. The summed E-state index contributed by atoms with van der Waals surface area (Å²) in [6, 6.07) is 8.85. The fourth-order valence-corrected chi connectivity index (χ4v) is 3.21. The molecule has 0 aliphatic heterocycles. The normalized spacial score (nSPS) is 14.9. The minimum atomic E-state index is -4.53. The van der Waals surface area contributed by atoms with Crippen LogP contribution < -0.4 is 4.74 Å². The fraction of sp³-hybridized carbons (Fsp3) is 0.294. The maximum Gasteiger partial charge on any atom is 0.416 e. The van der Waals surface area contributed by atoms with Crippen molar-refractivity contribution < 1.29 is 36.5 Å². The van der Waals surface area contributed by atoms with Crippen LogP contribution in [0.2, 0.25) is 0 Å². The van der Waals surface area contributed by atoms with Gasteiger partial charge in [0.15, 0.2) is 6.61 Å². The van der Waals surface area contributed by atoms with E-state index in [1.807, 2.05) is 0 Å². The molecule has 2 rings (SSSR count). The van der Waals surface area contributed by atoms with Crippen molar-refractivity contribution in [3.63, 3.8) is 0 Å². The van der Waals surface area contributed by atoms with Crippen molar-refractivity contribution in [1.29, 1.82) is 0 Å². The summed E-state index contributed by atoms with van der Waals surface area (Å²) in [5.41, 5.74) is -0.685. The summed E-state index contributed by atoms with van der Waals surface area (Å²) in [6.45, 7) is 0.613. The van der Waals surface area contributed by atoms with E-state index < -0.39 is 37.5 Å². The summed E-state index contributed by atoms with van der Waals surface area (Å²) in [4.78, 5) is 16.1. The molecular weight excluding hydrogens is 386 g/mol. The highest BCUT2D eigenvalue weighted by Crippen LogP contribution is 2.56. The van der Waals surface area contributed by atoms with E-state index >= 15 is 0 Å². The van der Waals surface area contributed by atoms with Gasteiger partial charge < -0.3 is 14.0 Å². The summed E-state index contributed by atoms with van der Waals surface area (Å²) < 4.78 is 65.8. The first kappa shape index (κ1) is 20.9. The van der Waals surface area contributed by atoms with Gasteiger partial charge >= 0.3 is 12.1 Å². The summed E-state index contributed by atoms with van der Waals surface area (Å²) in [5.74, 6) is -2.34. The molecule has 10 heteroatoms. The van der Waals surface area contributed by atoms with Gasteiger partial charge in [0.2, 0.25) is 13.2 Å². The molecule has 0 radical (unpaired) electrons. The molecule has 0 N–H and O–H groups in total. The highest BCUT2D eigenvalue weighted by Gasteiger charge is 2.35. The van der Waals surface area contributed by atoms with Crippen LogP contribution in [0.25, 0.3) is 0 Å². The second-order valence-electron chi connectivity index (χ2n) is 5.50. The summed E-state index contributed by atoms with van der Waals surface area (Å²) in [5, 5.41) is 0. The third-order valence-corrected chi connectivity index (χ3v) is 5.44. The lowest BCUT2D eigenvalue weighted by Crippen LogP contribution is -2.19. The third-order valence-electron chi connectivity index (χ3n) is 3.49. The maximum absolute atomic E-state index is 12.7. The molecule has 1 aromatic heterocycles. The largest absolute Gasteiger partial charge is 0.482 e. The Hall–Kier alpha value is -2.38. The van der Waals surface area contributed by atoms with Crippen LogP contribution in [0.4, 0.5) is 13.2 Å². The Morgan fingerprint density at radius 3 is 2.56 bits per heavy atom. The molecule has 6 nitrogen and oxygen atoms in total. The smallest absolute Gasteiger partial charge is 0.416 e. The lowest BCUT2D eigenvalue weighted by Gasteiger charge is -2.22. The Balaban J connectivity index is 2.08. The SMILES string of the molecule is COP(C)(=O)C(OC(=O)COc1cccc(C(F)(F)F)c1)c1ccccn1. The summed E-state index contributed by atoms with van der Waals surface area (Å²) in [7, 11) is -2.18. The first-order valence-corrected chi connectivity index (χ1v) is 9.81. The molecule has 0 aliphatic carbocycles. The molecule has 0 bridgehead atoms. The number of rotatable bonds is 7. The zero-order chi connectivity index (χ0) is 20.1. The van der Waals surface area contributed by atoms with Crippen LogP contribution in [0.5, 0.6) is 5.75 Å². The number of pyridine rings is 1. The highest BCUT2D eigenvalue weighted by molar-refractivity contribution is 7.58. The predicted molar refractivity (Wildman–Crippen MR) is 90.5 cm³/mol. The zero-order valence-electron chi connectivity index (χ0n) is 14.5. The Kier molecular flexibility index (Phi) is 6.62. The molecule has 0 saturated heterocycles. The van der Waals surface area contributed by atoms with Crippen LogP contribution in [-0.2, 0) is 24.8 Å². The lowest BCUT2D eigenvalue weighted by molar-refractivity contribution is -0.148. The predicted octanol–water partition coefficient (Wildman–Crippen LogP) is 4.28. The number of hydrogen-bond acceptors (Lipinski definition) is 6. The van der Waals surface area contributed by atoms with Crippen molar-refractivity contribution in [2.45, 2.75) is 12.0 Å². The standard InChI is InChI=1S/C17H17F3NO5P/c1-24-27(2,23)16(14-8-3-4-9-21-14)26-15(22)11-25-13-7-5-6-12(10-13)17(18,19)20/h3-10,16H,11H2,1-2H3. The van der Waals surface area contributed by atoms with Crippen LogP contribution in [0, 0.1) is 0 Å². The Bertz CT molecular complexity index is 829. The second-order valence-corrected chi connectivity index (χ2v) is 8.15. The number of carbonyl (C=O) groups is 1. The van der Waals surface area contributed by atoms with E-state index in [9.17, 15) is 22.5 Å². The number of halogens is 3. The lowest BCUT2D eigenvalue weighted by atomic mass is 10.2. The highest BCUT2D eigenvalue weighted by atomic mass is 31.2. The number of benzene rings is 1. The van der Waals surface area contributed by atoms with Gasteiger partial charge in [-0.25, -0.2) is 4.79 Å². The van der Waals surface area contributed by atoms with Gasteiger partial charge in [-0.05, 0) is 30.3 Å². The molecule has 1 heterocycles. The Morgan fingerprint density at radius 1 is 1.22 bits per heavy atom. The first-order chi connectivity index (χ1) is 12.6. The van der Waals surface area contributed by atoms with Crippen LogP contribution in [0.1, 0.15) is 17.1 Å². The summed E-state index contributed by atoms with van der Waals surface area (Å²) in [6.07, 6.45) is -3.10. The number of alkyl halides is 3. The van der Waals surface area contributed by atoms with E-state index in [4.69, 9.17) is 14.0 Å². The van der Waals surface area contributed by atoms with Crippen molar-refractivity contribution in [2.75, 3.05) is 20.4 Å². The second kappa shape index (κ2) is 8.54. The molecule has 2 atom stereocenters. The molecule has 0 aliphatic rings. The summed E-state index contributed by atoms with van der Waals surface area (Å²) >= 11 is 0. The van der Waals surface area contributed by atoms with Gasteiger partial charge in [0.1, 0.15) is 5.75 Å². The average Bonchev–Trinajstić information content (AvgIpc) is 2.64. The zero-order valence-corrected chi connectivity index (χ0v) is 15.4. The molecule has 146 valence electrons. The van der Waals surface area contributed by atoms with Gasteiger partial charge in [-0.2, -0.15) is 13.2 Å². The number of esters is 1. The van der Waals surface area contributed by atoms with E-state index in [0.29, 0.717) is 0 Å². The quantitative estimate of drug-likeness (QED) is 0.508. The minimum Gasteiger partial charge on any atom is -0.482 e. The maximum atomic E-state index is 12.7. The molecule has 0 saturated carbocycles. The van der Waals surface area contributed by atoms with E-state index in [1.54, 1.807) is 12.1 Å². The van der Waals surface area contributed by atoms with Crippen molar-refractivity contribution in [1.82, 2.24) is 4.98 Å². The molecule has 27 heavy (non-hydrogen) atoms. The van der Waals surface area contributed by atoms with Gasteiger partial charge in [0.05, 0.1) is 11.3 Å².